The molecule has 0 heterocycles. The fraction of sp³-hybridized carbons (Fsp3) is 0.276. The molecule has 0 fully saturated rings. The number of fused-ring (bicyclic) bond motifs is 2. The van der Waals surface area contributed by atoms with Gasteiger partial charge in [0.25, 0.3) is 5.69 Å². The second-order valence-electron chi connectivity index (χ2n) is 8.26. The Hall–Kier alpha value is -4.21. The van der Waals surface area contributed by atoms with Crippen LogP contribution in [0.25, 0.3) is 12.2 Å². The van der Waals surface area contributed by atoms with E-state index < -0.39 is 4.92 Å². The maximum atomic E-state index is 13.4. The van der Waals surface area contributed by atoms with Gasteiger partial charge in [-0.15, -0.1) is 0 Å². The van der Waals surface area contributed by atoms with Crippen LogP contribution in [0.3, 0.4) is 0 Å². The van der Waals surface area contributed by atoms with Crippen LogP contribution in [0.5, 0.6) is 11.5 Å². The smallest absolute Gasteiger partial charge is 0.273 e. The minimum Gasteiger partial charge on any atom is -0.496 e. The zero-order valence-corrected chi connectivity index (χ0v) is 21.6. The number of hydrogen-bond donors (Lipinski definition) is 2. The number of ketones is 1. The van der Waals surface area contributed by atoms with E-state index in [1.54, 1.807) is 49.6 Å². The Kier molecular flexibility index (Phi) is 8.60. The summed E-state index contributed by atoms with van der Waals surface area (Å²) in [5.74, 6) is 0.834. The van der Waals surface area contributed by atoms with Crippen molar-refractivity contribution < 1.29 is 30.8 Å². The summed E-state index contributed by atoms with van der Waals surface area (Å²) in [6, 6.07) is 13.8. The van der Waals surface area contributed by atoms with Gasteiger partial charge in [0.05, 0.1) is 31.4 Å². The Morgan fingerprint density at radius 2 is 1.87 bits per heavy atom. The van der Waals surface area contributed by atoms with Crippen molar-refractivity contribution >= 4 is 29.3 Å². The number of nitro benzene ring substituents is 1. The minimum absolute atomic E-state index is 0.0722. The number of nitrogens with zero attached hydrogens (tertiary/aromatic N) is 2. The molecule has 0 bridgehead atoms. The van der Waals surface area contributed by atoms with Gasteiger partial charge in [-0.1, -0.05) is 36.4 Å². The third-order valence-corrected chi connectivity index (χ3v) is 6.33. The molecule has 0 aromatic heterocycles. The van der Waals surface area contributed by atoms with Gasteiger partial charge in [0, 0.05) is 62.4 Å². The Morgan fingerprint density at radius 3 is 2.53 bits per heavy atom. The average molecular weight is 524 g/mol. The number of carbonyl (C=O) groups is 1. The molecule has 38 heavy (non-hydrogen) atoms. The van der Waals surface area contributed by atoms with Crippen LogP contribution < -0.4 is 14.4 Å². The van der Waals surface area contributed by atoms with E-state index in [0.717, 1.165) is 5.56 Å². The fourth-order valence-electron chi connectivity index (χ4n) is 4.57. The predicted octanol–water partition coefficient (Wildman–Crippen LogP) is 4.34. The number of anilines is 1. The topological polar surface area (TPSA) is 122 Å². The lowest BCUT2D eigenvalue weighted by Gasteiger charge is -2.25. The molecule has 0 aliphatic heterocycles. The van der Waals surface area contributed by atoms with Gasteiger partial charge < -0.3 is 24.6 Å². The van der Waals surface area contributed by atoms with Crippen molar-refractivity contribution in [3.8, 4) is 11.5 Å². The van der Waals surface area contributed by atoms with Crippen molar-refractivity contribution in [1.82, 2.24) is 0 Å². The SMILES string of the molecule is [2H]CCN(CCO)c1cc(OC)c(/C=C/c2ccc([N+](=O)[O-])c3c2C(=O)c2ccccc2C3)cc1OC.[3H]OC. The highest BCUT2D eigenvalue weighted by atomic mass is 16.6. The molecular weight excluding hydrogens is 488 g/mol. The predicted molar refractivity (Wildman–Crippen MR) is 147 cm³/mol. The van der Waals surface area contributed by atoms with Gasteiger partial charge in [0.2, 0.25) is 1.43 Å². The van der Waals surface area contributed by atoms with Crippen molar-refractivity contribution in [2.45, 2.75) is 13.3 Å². The summed E-state index contributed by atoms with van der Waals surface area (Å²) in [6.45, 7) is 0.824. The van der Waals surface area contributed by atoms with Crippen molar-refractivity contribution in [2.24, 2.45) is 0 Å². The Bertz CT molecular complexity index is 1390. The maximum absolute atomic E-state index is 13.4. The van der Waals surface area contributed by atoms with Gasteiger partial charge in [-0.2, -0.15) is 0 Å². The maximum Gasteiger partial charge on any atom is 0.273 e. The van der Waals surface area contributed by atoms with E-state index in [9.17, 15) is 20.0 Å². The fourth-order valence-corrected chi connectivity index (χ4v) is 4.57. The van der Waals surface area contributed by atoms with E-state index in [1.807, 2.05) is 17.0 Å². The summed E-state index contributed by atoms with van der Waals surface area (Å²) >= 11 is 0. The molecule has 1 aliphatic rings. The molecule has 0 unspecified atom stereocenters. The number of likely N-dealkylation sites (N-methyl/N-ethyl adjacent to an activating group) is 1. The van der Waals surface area contributed by atoms with Gasteiger partial charge in [0.1, 0.15) is 11.5 Å². The summed E-state index contributed by atoms with van der Waals surface area (Å²) in [6.07, 6.45) is 3.83. The number of benzene rings is 3. The standard InChI is InChI=1S/C28H28N2O6.CH4O/c1-4-29(13-14-31)24-17-25(35-2)20(16-26(24)36-3)10-9-18-11-12-23(30(33)34)22-15-19-7-5-6-8-21(19)28(32)27(18)22;1-2/h5-12,16-17,31H,4,13-15H2,1-3H3;2H,1H3/b10-9+;/i1D;2T. The highest BCUT2D eigenvalue weighted by Gasteiger charge is 2.31. The van der Waals surface area contributed by atoms with Crippen LogP contribution in [0.2, 0.25) is 0 Å². The van der Waals surface area contributed by atoms with Crippen LogP contribution in [0.1, 0.15) is 46.4 Å². The largest absolute Gasteiger partial charge is 0.496 e. The van der Waals surface area contributed by atoms with Crippen LogP contribution in [0.4, 0.5) is 11.4 Å². The van der Waals surface area contributed by atoms with Crippen molar-refractivity contribution in [3.63, 3.8) is 0 Å². The Morgan fingerprint density at radius 1 is 1.16 bits per heavy atom. The second kappa shape index (κ2) is 12.8. The van der Waals surface area contributed by atoms with Crippen LogP contribution in [-0.4, -0.2) is 63.4 Å². The molecule has 3 aromatic carbocycles. The summed E-state index contributed by atoms with van der Waals surface area (Å²) in [5.41, 5.74) is 3.92. The molecule has 0 saturated heterocycles. The lowest BCUT2D eigenvalue weighted by atomic mass is 9.81. The summed E-state index contributed by atoms with van der Waals surface area (Å²) in [5, 5.41) is 24.7. The molecule has 0 saturated carbocycles. The lowest BCUT2D eigenvalue weighted by Crippen LogP contribution is -2.26. The summed E-state index contributed by atoms with van der Waals surface area (Å²) < 4.78 is 24.5. The van der Waals surface area contributed by atoms with E-state index >= 15 is 0 Å². The molecule has 2 N–H and O–H groups in total. The van der Waals surface area contributed by atoms with Crippen LogP contribution in [-0.2, 0) is 6.42 Å². The number of hydrogen-bond acceptors (Lipinski definition) is 8. The van der Waals surface area contributed by atoms with Crippen molar-refractivity contribution in [3.05, 3.63) is 92.0 Å². The first-order valence-electron chi connectivity index (χ1n) is 13.0. The monoisotopic (exact) mass is 523 g/mol. The minimum atomic E-state index is -0.449. The molecule has 0 radical (unpaired) electrons. The van der Waals surface area contributed by atoms with Gasteiger partial charge in [0.15, 0.2) is 5.78 Å². The zero-order chi connectivity index (χ0) is 29.2. The van der Waals surface area contributed by atoms with Gasteiger partial charge in [-0.3, -0.25) is 14.9 Å². The number of nitro groups is 1. The highest BCUT2D eigenvalue weighted by molar-refractivity contribution is 6.15. The number of aliphatic hydroxyl groups is 2. The third-order valence-electron chi connectivity index (χ3n) is 6.33. The quantitative estimate of drug-likeness (QED) is 0.189. The molecule has 200 valence electrons. The van der Waals surface area contributed by atoms with E-state index in [2.05, 4.69) is 5.11 Å². The van der Waals surface area contributed by atoms with Crippen LogP contribution in [0.15, 0.2) is 48.5 Å². The molecule has 3 aromatic rings. The number of rotatable bonds is 9. The van der Waals surface area contributed by atoms with Gasteiger partial charge >= 0.3 is 0 Å². The highest BCUT2D eigenvalue weighted by Crippen LogP contribution is 2.38. The number of methoxy groups -OCH3 is 2. The first kappa shape index (κ1) is 25.4. The normalized spacial score (nSPS) is 12.5. The number of carbonyl (C=O) groups excluding carboxylic acids is 1. The molecule has 0 amide bonds. The summed E-state index contributed by atoms with van der Waals surface area (Å²) in [4.78, 5) is 26.6. The Labute approximate surface area is 224 Å². The van der Waals surface area contributed by atoms with Gasteiger partial charge in [-0.05, 0) is 30.2 Å². The Balaban J connectivity index is 0.00000141. The molecule has 0 atom stereocenters. The number of ether oxygens (including phenoxy) is 2. The van der Waals surface area contributed by atoms with E-state index in [1.165, 1.54) is 20.3 Å². The zero-order valence-electron chi connectivity index (χ0n) is 23.6. The van der Waals surface area contributed by atoms with E-state index in [-0.39, 0.29) is 25.0 Å². The molecule has 0 spiro atoms. The molecule has 9 nitrogen and oxygen atoms in total. The first-order chi connectivity index (χ1) is 19.3. The first-order valence-corrected chi connectivity index (χ1v) is 11.9. The molecule has 9 heteroatoms. The van der Waals surface area contributed by atoms with Crippen LogP contribution in [0, 0.1) is 10.1 Å². The lowest BCUT2D eigenvalue weighted by molar-refractivity contribution is -0.385. The van der Waals surface area contributed by atoms with Crippen LogP contribution >= 0.6 is 0 Å². The molecular formula is C29H32N2O7. The van der Waals surface area contributed by atoms with Crippen molar-refractivity contribution in [2.75, 3.05) is 45.9 Å². The third kappa shape index (κ3) is 5.53. The summed E-state index contributed by atoms with van der Waals surface area (Å²) in [7, 11) is 4.37. The molecule has 1 aliphatic carbocycles. The van der Waals surface area contributed by atoms with E-state index in [4.69, 9.17) is 12.3 Å². The average Bonchev–Trinajstić information content (AvgIpc) is 2.95. The second-order valence-corrected chi connectivity index (χ2v) is 8.26. The van der Waals surface area contributed by atoms with E-state index in [0.29, 0.717) is 64.5 Å². The number of aliphatic hydroxyl groups excluding tert-OH is 2. The van der Waals surface area contributed by atoms with Crippen molar-refractivity contribution in [1.29, 1.82) is 1.43 Å². The van der Waals surface area contributed by atoms with Gasteiger partial charge in [-0.25, -0.2) is 0 Å². The molecule has 4 rings (SSSR count).